The molecule has 0 saturated heterocycles. The Bertz CT molecular complexity index is 95.1. The first kappa shape index (κ1) is 7.90. The van der Waals surface area contributed by atoms with Crippen LogP contribution in [0.15, 0.2) is 0 Å². The van der Waals surface area contributed by atoms with Crippen LogP contribution in [0, 0.1) is 0 Å². The molecule has 0 saturated carbocycles. The second-order valence-electron chi connectivity index (χ2n) is 3.20. The Morgan fingerprint density at radius 3 is 1.88 bits per heavy atom. The Balaban J connectivity index is 3.55. The Kier molecular flexibility index (Phi) is 2.42. The molecule has 0 aliphatic heterocycles. The molecule has 0 bridgehead atoms. The summed E-state index contributed by atoms with van der Waals surface area (Å²) in [5.41, 5.74) is 4.97. The summed E-state index contributed by atoms with van der Waals surface area (Å²) in [7, 11) is -1.19. The maximum absolute atomic E-state index is 10.3. The van der Waals surface area contributed by atoms with Gasteiger partial charge in [0.15, 0.2) is 0 Å². The number of carbonyl (C=O) groups excluding carboxylic acids is 1. The molecule has 0 fully saturated rings. The van der Waals surface area contributed by atoms with E-state index < -0.39 is 7.26 Å². The molecule has 0 aliphatic carbocycles. The fourth-order valence-corrected chi connectivity index (χ4v) is 1.57. The van der Waals surface area contributed by atoms with Crippen LogP contribution in [-0.4, -0.2) is 32.1 Å². The molecular formula is C5H14NOP. The van der Waals surface area contributed by atoms with Gasteiger partial charge in [0.2, 0.25) is 0 Å². The summed E-state index contributed by atoms with van der Waals surface area (Å²) in [5, 5.41) is 0. The molecule has 2 nitrogen and oxygen atoms in total. The monoisotopic (exact) mass is 135 g/mol. The van der Waals surface area contributed by atoms with Gasteiger partial charge in [-0.1, -0.05) is 0 Å². The number of hydrogen-bond donors (Lipinski definition) is 1. The molecule has 0 heterocycles. The van der Waals surface area contributed by atoms with Crippen molar-refractivity contribution in [2.45, 2.75) is 0 Å². The first-order chi connectivity index (χ1) is 3.42. The molecule has 0 spiro atoms. The van der Waals surface area contributed by atoms with E-state index in [1.807, 2.05) is 0 Å². The Labute approximate surface area is 50.8 Å². The van der Waals surface area contributed by atoms with E-state index in [2.05, 4.69) is 20.0 Å². The predicted octanol–water partition coefficient (Wildman–Crippen LogP) is 0.111. The van der Waals surface area contributed by atoms with Crippen molar-refractivity contribution in [3.63, 3.8) is 0 Å². The van der Waals surface area contributed by atoms with Crippen molar-refractivity contribution in [3.8, 4) is 0 Å². The summed E-state index contributed by atoms with van der Waals surface area (Å²) in [5.74, 6) is -0.163. The number of carbonyl (C=O) groups is 1. The van der Waals surface area contributed by atoms with Gasteiger partial charge >= 0.3 is 49.9 Å². The SMILES string of the molecule is C[PH](C)(C)CC(N)=O. The first-order valence-corrected chi connectivity index (χ1v) is 6.41. The van der Waals surface area contributed by atoms with Gasteiger partial charge in [-0.05, 0) is 0 Å². The third-order valence-electron chi connectivity index (χ3n) is 0.705. The molecule has 0 radical (unpaired) electrons. The Morgan fingerprint density at radius 2 is 1.88 bits per heavy atom. The van der Waals surface area contributed by atoms with Gasteiger partial charge in [0.1, 0.15) is 0 Å². The molecule has 0 aromatic rings. The average Bonchev–Trinajstić information content (AvgIpc) is 1.21. The van der Waals surface area contributed by atoms with Crippen LogP contribution in [0.1, 0.15) is 0 Å². The van der Waals surface area contributed by atoms with Crippen LogP contribution in [0.5, 0.6) is 0 Å². The van der Waals surface area contributed by atoms with Gasteiger partial charge in [-0.15, -0.1) is 0 Å². The average molecular weight is 135 g/mol. The van der Waals surface area contributed by atoms with Crippen LogP contribution < -0.4 is 5.73 Å². The number of nitrogens with two attached hydrogens (primary N) is 1. The number of hydrogen-bond acceptors (Lipinski definition) is 1. The van der Waals surface area contributed by atoms with Crippen molar-refractivity contribution in [2.75, 3.05) is 26.2 Å². The van der Waals surface area contributed by atoms with E-state index in [-0.39, 0.29) is 5.91 Å². The second-order valence-corrected chi connectivity index (χ2v) is 8.68. The zero-order valence-electron chi connectivity index (χ0n) is 5.69. The van der Waals surface area contributed by atoms with Gasteiger partial charge in [0.25, 0.3) is 0 Å². The number of primary amides is 1. The van der Waals surface area contributed by atoms with Crippen molar-refractivity contribution >= 4 is 13.2 Å². The van der Waals surface area contributed by atoms with Gasteiger partial charge in [-0.25, -0.2) is 0 Å². The Morgan fingerprint density at radius 1 is 1.50 bits per heavy atom. The molecule has 50 valence electrons. The number of amides is 1. The van der Waals surface area contributed by atoms with Gasteiger partial charge in [0, 0.05) is 0 Å². The normalized spacial score (nSPS) is 13.4. The van der Waals surface area contributed by atoms with E-state index in [0.29, 0.717) is 6.16 Å². The zero-order chi connectivity index (χ0) is 6.78. The van der Waals surface area contributed by atoms with E-state index in [0.717, 1.165) is 0 Å². The van der Waals surface area contributed by atoms with Gasteiger partial charge in [0.05, 0.1) is 0 Å². The van der Waals surface area contributed by atoms with Crippen molar-refractivity contribution in [1.82, 2.24) is 0 Å². The summed E-state index contributed by atoms with van der Waals surface area (Å²) < 4.78 is 0. The van der Waals surface area contributed by atoms with E-state index in [4.69, 9.17) is 5.73 Å². The zero-order valence-corrected chi connectivity index (χ0v) is 6.69. The summed E-state index contributed by atoms with van der Waals surface area (Å²) in [6.45, 7) is 6.37. The molecule has 0 rings (SSSR count). The van der Waals surface area contributed by atoms with Crippen LogP contribution in [0.2, 0.25) is 0 Å². The third kappa shape index (κ3) is 5.90. The van der Waals surface area contributed by atoms with Crippen LogP contribution in [0.4, 0.5) is 0 Å². The van der Waals surface area contributed by atoms with Crippen molar-refractivity contribution in [3.05, 3.63) is 0 Å². The number of rotatable bonds is 2. The summed E-state index contributed by atoms with van der Waals surface area (Å²) in [4.78, 5) is 10.3. The van der Waals surface area contributed by atoms with Crippen molar-refractivity contribution in [1.29, 1.82) is 0 Å². The van der Waals surface area contributed by atoms with E-state index in [9.17, 15) is 4.79 Å². The van der Waals surface area contributed by atoms with Crippen molar-refractivity contribution < 1.29 is 4.79 Å². The van der Waals surface area contributed by atoms with Gasteiger partial charge in [-0.2, -0.15) is 0 Å². The summed E-state index contributed by atoms with van der Waals surface area (Å²) in [6.07, 6.45) is 0.604. The van der Waals surface area contributed by atoms with Gasteiger partial charge < -0.3 is 0 Å². The predicted molar refractivity (Wildman–Crippen MR) is 40.1 cm³/mol. The van der Waals surface area contributed by atoms with Crippen LogP contribution in [-0.2, 0) is 4.79 Å². The molecule has 0 aromatic carbocycles. The van der Waals surface area contributed by atoms with Crippen LogP contribution >= 0.6 is 7.26 Å². The standard InChI is InChI=1S/C5H14NOP/c1-8(2,3)4-5(6)7/h8H,4H2,1-3H3,(H2,6,7). The summed E-state index contributed by atoms with van der Waals surface area (Å²) in [6, 6.07) is 0. The van der Waals surface area contributed by atoms with Crippen LogP contribution in [0.3, 0.4) is 0 Å². The first-order valence-electron chi connectivity index (χ1n) is 2.70. The molecule has 0 aliphatic rings. The third-order valence-corrected chi connectivity index (χ3v) is 2.11. The topological polar surface area (TPSA) is 43.1 Å². The maximum atomic E-state index is 10.3. The molecular weight excluding hydrogens is 121 g/mol. The molecule has 0 unspecified atom stereocenters. The van der Waals surface area contributed by atoms with E-state index in [1.54, 1.807) is 0 Å². The second kappa shape index (κ2) is 2.45. The van der Waals surface area contributed by atoms with E-state index in [1.165, 1.54) is 0 Å². The molecule has 2 N–H and O–H groups in total. The summed E-state index contributed by atoms with van der Waals surface area (Å²) >= 11 is 0. The fraction of sp³-hybridized carbons (Fsp3) is 0.800. The molecule has 3 heteroatoms. The minimum atomic E-state index is -1.19. The van der Waals surface area contributed by atoms with Crippen molar-refractivity contribution in [2.24, 2.45) is 5.73 Å². The van der Waals surface area contributed by atoms with E-state index >= 15 is 0 Å². The minimum absolute atomic E-state index is 0.163. The molecule has 1 amide bonds. The van der Waals surface area contributed by atoms with Gasteiger partial charge in [-0.3, -0.25) is 0 Å². The van der Waals surface area contributed by atoms with Crippen LogP contribution in [0.25, 0.3) is 0 Å². The molecule has 0 atom stereocenters. The molecule has 0 aromatic heterocycles. The Hall–Kier alpha value is -0.100. The molecule has 8 heavy (non-hydrogen) atoms. The fourth-order valence-electron chi connectivity index (χ4n) is 0.523. The quantitative estimate of drug-likeness (QED) is 0.536.